The highest BCUT2D eigenvalue weighted by Crippen LogP contribution is 2.31. The lowest BCUT2D eigenvalue weighted by Crippen LogP contribution is -2.58. The van der Waals surface area contributed by atoms with Crippen LogP contribution in [-0.2, 0) is 38.1 Å². The monoisotopic (exact) mass is 989 g/mol. The van der Waals surface area contributed by atoms with Crippen LogP contribution in [0.5, 0.6) is 0 Å². The van der Waals surface area contributed by atoms with Gasteiger partial charge in [-0.1, -0.05) is 62.9 Å². The van der Waals surface area contributed by atoms with Gasteiger partial charge in [0, 0.05) is 42.2 Å². The van der Waals surface area contributed by atoms with Gasteiger partial charge in [-0.3, -0.25) is 19.2 Å². The molecule has 6 rings (SSSR count). The third-order valence-corrected chi connectivity index (χ3v) is 13.7. The molecular weight excluding hydrogens is 923 g/mol. The number of amides is 4. The third-order valence-electron chi connectivity index (χ3n) is 11.8. The van der Waals surface area contributed by atoms with Crippen molar-refractivity contribution in [2.45, 2.75) is 100 Å². The Labute approximate surface area is 412 Å². The number of rotatable bonds is 23. The van der Waals surface area contributed by atoms with Crippen molar-refractivity contribution in [2.24, 2.45) is 11.1 Å². The average Bonchev–Trinajstić information content (AvgIpc) is 3.93. The summed E-state index contributed by atoms with van der Waals surface area (Å²) >= 11 is 3.03. The van der Waals surface area contributed by atoms with Crippen molar-refractivity contribution >= 4 is 58.2 Å². The van der Waals surface area contributed by atoms with Crippen LogP contribution in [0.3, 0.4) is 0 Å². The number of aromatic nitrogens is 3. The lowest BCUT2D eigenvalue weighted by molar-refractivity contribution is -0.144. The molecular formula is C49H67N9O9S2. The molecule has 6 N–H and O–H groups in total. The van der Waals surface area contributed by atoms with Crippen LogP contribution in [-0.4, -0.2) is 145 Å². The molecule has 4 aromatic rings. The fraction of sp³-hybridized carbons (Fsp3) is 0.531. The molecule has 4 amide bonds. The molecule has 0 unspecified atom stereocenters. The molecule has 4 atom stereocenters. The van der Waals surface area contributed by atoms with E-state index in [-0.39, 0.29) is 82.6 Å². The van der Waals surface area contributed by atoms with Gasteiger partial charge in [0.05, 0.1) is 80.3 Å². The minimum absolute atomic E-state index is 0.0299. The topological polar surface area (TPSA) is 233 Å². The van der Waals surface area contributed by atoms with Gasteiger partial charge in [0.2, 0.25) is 23.6 Å². The summed E-state index contributed by atoms with van der Waals surface area (Å²) in [4.78, 5) is 72.2. The van der Waals surface area contributed by atoms with Gasteiger partial charge < -0.3 is 55.5 Å². The van der Waals surface area contributed by atoms with Crippen LogP contribution in [0.1, 0.15) is 71.2 Å². The van der Waals surface area contributed by atoms with Gasteiger partial charge >= 0.3 is 0 Å². The summed E-state index contributed by atoms with van der Waals surface area (Å²) < 4.78 is 22.1. The van der Waals surface area contributed by atoms with Gasteiger partial charge in [-0.05, 0) is 68.4 Å². The first kappa shape index (κ1) is 53.3. The summed E-state index contributed by atoms with van der Waals surface area (Å²) in [6.45, 7) is 14.0. The van der Waals surface area contributed by atoms with Crippen molar-refractivity contribution in [1.29, 1.82) is 0 Å². The molecule has 2 aromatic heterocycles. The number of nitrogens with two attached hydrogens (primary N) is 1. The summed E-state index contributed by atoms with van der Waals surface area (Å²) in [6.07, 6.45) is 4.56. The molecule has 4 heterocycles. The number of benzene rings is 2. The first-order chi connectivity index (χ1) is 33.0. The zero-order valence-corrected chi connectivity index (χ0v) is 42.0. The van der Waals surface area contributed by atoms with E-state index in [1.165, 1.54) is 16.7 Å². The van der Waals surface area contributed by atoms with Crippen molar-refractivity contribution in [3.05, 3.63) is 77.7 Å². The molecule has 0 aliphatic carbocycles. The maximum atomic E-state index is 14.0. The van der Waals surface area contributed by atoms with Crippen LogP contribution < -0.4 is 26.6 Å². The summed E-state index contributed by atoms with van der Waals surface area (Å²) in [6, 6.07) is 13.1. The van der Waals surface area contributed by atoms with Gasteiger partial charge in [0.1, 0.15) is 36.1 Å². The van der Waals surface area contributed by atoms with E-state index in [0.29, 0.717) is 12.3 Å². The molecule has 0 bridgehead atoms. The van der Waals surface area contributed by atoms with Crippen molar-refractivity contribution in [1.82, 2.24) is 30.5 Å². The predicted octanol–water partition coefficient (Wildman–Crippen LogP) is 4.75. The summed E-state index contributed by atoms with van der Waals surface area (Å²) in [5, 5.41) is 20.0. The number of aliphatic hydroxyl groups is 1. The summed E-state index contributed by atoms with van der Waals surface area (Å²) in [5.41, 5.74) is 10.8. The number of hydrogen-bond acceptors (Lipinski definition) is 16. The molecule has 0 saturated carbocycles. The molecule has 0 radical (unpaired) electrons. The van der Waals surface area contributed by atoms with Crippen molar-refractivity contribution in [3.8, 4) is 10.4 Å². The first-order valence-corrected chi connectivity index (χ1v) is 25.0. The fourth-order valence-corrected chi connectivity index (χ4v) is 9.43. The standard InChI is InChI=1S/C49H67N9O9S2/c1-32(34-10-12-35(13-11-34)44-33(2)53-31-68-44)54-46(62)39-25-37(59)28-58(39)47(63)45(48(3,4)5)56-42(61)30-67-23-21-65-19-18-64-20-22-66-29-41(60)55-36-8-7-9-38(24-36)69-43-27-51-40(26-52-43)57-16-14-49(6,50)15-17-57/h7-13,24,26-27,31-32,37,39,45,59H,14-23,25,28-30,50H2,1-6H3,(H,54,62)(H,55,60)(H,56,61)/t32-,37+,39-,45+/m0/s1. The van der Waals surface area contributed by atoms with E-state index >= 15 is 0 Å². The van der Waals surface area contributed by atoms with Gasteiger partial charge in [0.15, 0.2) is 0 Å². The Morgan fingerprint density at radius 3 is 2.16 bits per heavy atom. The molecule has 2 fully saturated rings. The number of anilines is 2. The first-order valence-electron chi connectivity index (χ1n) is 23.3. The Morgan fingerprint density at radius 2 is 1.55 bits per heavy atom. The minimum Gasteiger partial charge on any atom is -0.391 e. The Hall–Kier alpha value is -5.06. The van der Waals surface area contributed by atoms with Crippen LogP contribution in [0.4, 0.5) is 11.5 Å². The molecule has 20 heteroatoms. The van der Waals surface area contributed by atoms with Crippen molar-refractivity contribution in [3.63, 3.8) is 0 Å². The molecule has 2 aromatic carbocycles. The second kappa shape index (κ2) is 25.2. The molecule has 2 aliphatic heterocycles. The van der Waals surface area contributed by atoms with E-state index in [2.05, 4.69) is 42.7 Å². The third kappa shape index (κ3) is 16.2. The van der Waals surface area contributed by atoms with E-state index in [9.17, 15) is 24.3 Å². The van der Waals surface area contributed by atoms with E-state index < -0.39 is 35.4 Å². The highest BCUT2D eigenvalue weighted by atomic mass is 32.2. The van der Waals surface area contributed by atoms with Crippen LogP contribution in [0.25, 0.3) is 10.4 Å². The molecule has 374 valence electrons. The molecule has 69 heavy (non-hydrogen) atoms. The van der Waals surface area contributed by atoms with Crippen LogP contribution in [0, 0.1) is 12.3 Å². The maximum Gasteiger partial charge on any atom is 0.250 e. The van der Waals surface area contributed by atoms with Crippen molar-refractivity contribution < 1.29 is 43.2 Å². The van der Waals surface area contributed by atoms with Gasteiger partial charge in [0.25, 0.3) is 0 Å². The quantitative estimate of drug-likeness (QED) is 0.0632. The molecule has 2 aliphatic rings. The molecule has 18 nitrogen and oxygen atoms in total. The van der Waals surface area contributed by atoms with E-state index in [4.69, 9.17) is 24.7 Å². The van der Waals surface area contributed by atoms with E-state index in [0.717, 1.165) is 63.4 Å². The molecule has 0 spiro atoms. The predicted molar refractivity (Wildman–Crippen MR) is 265 cm³/mol. The number of nitrogens with one attached hydrogen (secondary N) is 3. The smallest absolute Gasteiger partial charge is 0.250 e. The minimum atomic E-state index is -0.983. The Kier molecular flexibility index (Phi) is 19.4. The zero-order chi connectivity index (χ0) is 49.6. The largest absolute Gasteiger partial charge is 0.391 e. The normalized spacial score (nSPS) is 17.9. The highest BCUT2D eigenvalue weighted by molar-refractivity contribution is 7.99. The SMILES string of the molecule is Cc1ncsc1-c1ccc([C@H](C)NC(=O)[C@@H]2C[C@@H](O)CN2C(=O)[C@@H](NC(=O)COCCOCCOCCOCC(=O)Nc2cccc(Sc3cnc(N4CCC(C)(N)CC4)cn3)c2)C(C)(C)C)cc1. The number of ether oxygens (including phenoxy) is 4. The van der Waals surface area contributed by atoms with E-state index in [1.54, 1.807) is 23.7 Å². The summed E-state index contributed by atoms with van der Waals surface area (Å²) in [5.74, 6) is -0.788. The number of piperidine rings is 1. The lowest BCUT2D eigenvalue weighted by atomic mass is 9.85. The Balaban J connectivity index is 0.811. The maximum absolute atomic E-state index is 14.0. The van der Waals surface area contributed by atoms with Crippen LogP contribution in [0.2, 0.25) is 0 Å². The van der Waals surface area contributed by atoms with E-state index in [1.807, 2.05) is 88.7 Å². The van der Waals surface area contributed by atoms with Crippen LogP contribution in [0.15, 0.2) is 76.4 Å². The fourth-order valence-electron chi connectivity index (χ4n) is 7.83. The number of thiazole rings is 1. The summed E-state index contributed by atoms with van der Waals surface area (Å²) in [7, 11) is 0. The number of nitrogens with zero attached hydrogens (tertiary/aromatic N) is 5. The number of aryl methyl sites for hydroxylation is 1. The highest BCUT2D eigenvalue weighted by Gasteiger charge is 2.44. The number of hydrogen-bond donors (Lipinski definition) is 5. The van der Waals surface area contributed by atoms with Gasteiger partial charge in [-0.2, -0.15) is 0 Å². The number of carbonyl (C=O) groups excluding carboxylic acids is 4. The number of β-amino-alcohol motifs (C(OH)–C–C–N with tert-alkyl or cyclic N) is 1. The second-order valence-corrected chi connectivity index (χ2v) is 20.7. The zero-order valence-electron chi connectivity index (χ0n) is 40.4. The van der Waals surface area contributed by atoms with Gasteiger partial charge in [-0.25, -0.2) is 15.0 Å². The number of aliphatic hydroxyl groups excluding tert-OH is 1. The molecule has 2 saturated heterocycles. The van der Waals surface area contributed by atoms with Crippen molar-refractivity contribution in [2.75, 3.05) is 82.7 Å². The van der Waals surface area contributed by atoms with Gasteiger partial charge in [-0.15, -0.1) is 11.3 Å². The van der Waals surface area contributed by atoms with Crippen LogP contribution >= 0.6 is 23.1 Å². The number of carbonyl (C=O) groups is 4. The lowest BCUT2D eigenvalue weighted by Gasteiger charge is -2.37. The average molecular weight is 990 g/mol. The second-order valence-electron chi connectivity index (χ2n) is 18.7. The Bertz CT molecular complexity index is 2300. The Morgan fingerprint density at radius 1 is 0.899 bits per heavy atom. The number of likely N-dealkylation sites (tertiary alicyclic amines) is 1.